The topological polar surface area (TPSA) is 55.9 Å². The SMILES string of the molecule is CC(=O)N1CCC(C(=O)Nc2ccc(N3CCN(Cc4ccccc4)CC3)cc2)CC1. The first-order chi connectivity index (χ1) is 15.1. The normalized spacial score (nSPS) is 18.1. The van der Waals surface area contributed by atoms with Gasteiger partial charge in [-0.2, -0.15) is 0 Å². The third kappa shape index (κ3) is 5.64. The number of carbonyl (C=O) groups is 2. The summed E-state index contributed by atoms with van der Waals surface area (Å²) in [7, 11) is 0. The molecule has 0 unspecified atom stereocenters. The summed E-state index contributed by atoms with van der Waals surface area (Å²) in [6, 6.07) is 18.8. The maximum absolute atomic E-state index is 12.6. The molecule has 0 atom stereocenters. The van der Waals surface area contributed by atoms with Crippen molar-refractivity contribution in [2.75, 3.05) is 49.5 Å². The van der Waals surface area contributed by atoms with E-state index in [0.29, 0.717) is 13.1 Å². The molecule has 1 N–H and O–H groups in total. The van der Waals surface area contributed by atoms with Gasteiger partial charge in [0.25, 0.3) is 0 Å². The van der Waals surface area contributed by atoms with Crippen LogP contribution in [-0.4, -0.2) is 60.9 Å². The number of piperidine rings is 1. The van der Waals surface area contributed by atoms with Gasteiger partial charge in [-0.15, -0.1) is 0 Å². The summed E-state index contributed by atoms with van der Waals surface area (Å²) in [5.74, 6) is 0.133. The van der Waals surface area contributed by atoms with Crippen LogP contribution in [0.25, 0.3) is 0 Å². The van der Waals surface area contributed by atoms with Gasteiger partial charge in [0.1, 0.15) is 0 Å². The molecule has 2 saturated heterocycles. The standard InChI is InChI=1S/C25H32N4O2/c1-20(30)28-13-11-22(12-14-28)25(31)26-23-7-9-24(10-8-23)29-17-15-27(16-18-29)19-21-5-3-2-4-6-21/h2-10,22H,11-19H2,1H3,(H,26,31). The first-order valence-electron chi connectivity index (χ1n) is 11.3. The summed E-state index contributed by atoms with van der Waals surface area (Å²) in [6.45, 7) is 8.04. The summed E-state index contributed by atoms with van der Waals surface area (Å²) in [5, 5.41) is 3.05. The van der Waals surface area contributed by atoms with E-state index in [1.807, 2.05) is 17.0 Å². The summed E-state index contributed by atoms with van der Waals surface area (Å²) < 4.78 is 0. The Morgan fingerprint density at radius 3 is 2.13 bits per heavy atom. The predicted molar refractivity (Wildman–Crippen MR) is 124 cm³/mol. The molecule has 0 spiro atoms. The lowest BCUT2D eigenvalue weighted by Crippen LogP contribution is -2.45. The lowest BCUT2D eigenvalue weighted by molar-refractivity contribution is -0.132. The highest BCUT2D eigenvalue weighted by Gasteiger charge is 2.26. The Kier molecular flexibility index (Phi) is 6.87. The highest BCUT2D eigenvalue weighted by Crippen LogP contribution is 2.23. The molecule has 6 nitrogen and oxygen atoms in total. The summed E-state index contributed by atoms with van der Waals surface area (Å²) in [4.78, 5) is 30.8. The van der Waals surface area contributed by atoms with Crippen LogP contribution in [0.5, 0.6) is 0 Å². The van der Waals surface area contributed by atoms with E-state index in [1.165, 1.54) is 11.3 Å². The predicted octanol–water partition coefficient (Wildman–Crippen LogP) is 3.21. The summed E-state index contributed by atoms with van der Waals surface area (Å²) >= 11 is 0. The minimum absolute atomic E-state index is 0.0204. The van der Waals surface area contributed by atoms with Gasteiger partial charge in [-0.25, -0.2) is 0 Å². The number of hydrogen-bond acceptors (Lipinski definition) is 4. The number of carbonyl (C=O) groups excluding carboxylic acids is 2. The quantitative estimate of drug-likeness (QED) is 0.807. The largest absolute Gasteiger partial charge is 0.369 e. The zero-order chi connectivity index (χ0) is 21.6. The van der Waals surface area contributed by atoms with Crippen molar-refractivity contribution in [2.45, 2.75) is 26.3 Å². The molecule has 0 bridgehead atoms. The van der Waals surface area contributed by atoms with Crippen LogP contribution in [0.1, 0.15) is 25.3 Å². The zero-order valence-corrected chi connectivity index (χ0v) is 18.3. The van der Waals surface area contributed by atoms with E-state index in [2.05, 4.69) is 57.6 Å². The molecular weight excluding hydrogens is 388 g/mol. The van der Waals surface area contributed by atoms with Crippen LogP contribution in [0.2, 0.25) is 0 Å². The number of likely N-dealkylation sites (tertiary alicyclic amines) is 1. The van der Waals surface area contributed by atoms with Crippen molar-refractivity contribution in [3.05, 3.63) is 60.2 Å². The van der Waals surface area contributed by atoms with Gasteiger partial charge in [0, 0.05) is 70.0 Å². The molecular formula is C25H32N4O2. The fourth-order valence-corrected chi connectivity index (χ4v) is 4.46. The molecule has 0 saturated carbocycles. The second-order valence-electron chi connectivity index (χ2n) is 8.57. The van der Waals surface area contributed by atoms with Gasteiger partial charge in [-0.1, -0.05) is 30.3 Å². The zero-order valence-electron chi connectivity index (χ0n) is 18.3. The van der Waals surface area contributed by atoms with Gasteiger partial charge >= 0.3 is 0 Å². The number of rotatable bonds is 5. The fraction of sp³-hybridized carbons (Fsp3) is 0.440. The van der Waals surface area contributed by atoms with Crippen molar-refractivity contribution < 1.29 is 9.59 Å². The van der Waals surface area contributed by atoms with E-state index >= 15 is 0 Å². The number of nitrogens with one attached hydrogen (secondary N) is 1. The lowest BCUT2D eigenvalue weighted by atomic mass is 9.96. The van der Waals surface area contributed by atoms with Crippen LogP contribution in [0.4, 0.5) is 11.4 Å². The Bertz CT molecular complexity index is 868. The van der Waals surface area contributed by atoms with E-state index in [9.17, 15) is 9.59 Å². The van der Waals surface area contributed by atoms with Crippen LogP contribution in [0.3, 0.4) is 0 Å². The van der Waals surface area contributed by atoms with Gasteiger partial charge in [-0.05, 0) is 42.7 Å². The van der Waals surface area contributed by atoms with Crippen molar-refractivity contribution >= 4 is 23.2 Å². The Balaban J connectivity index is 1.24. The molecule has 2 aliphatic rings. The molecule has 0 aliphatic carbocycles. The number of piperazine rings is 1. The molecule has 31 heavy (non-hydrogen) atoms. The molecule has 0 aromatic heterocycles. The molecule has 2 fully saturated rings. The molecule has 6 heteroatoms. The number of benzene rings is 2. The smallest absolute Gasteiger partial charge is 0.227 e. The second kappa shape index (κ2) is 9.96. The van der Waals surface area contributed by atoms with Gasteiger partial charge in [0.15, 0.2) is 0 Å². The minimum Gasteiger partial charge on any atom is -0.369 e. The Labute approximate surface area is 184 Å². The summed E-state index contributed by atoms with van der Waals surface area (Å²) in [5.41, 5.74) is 3.40. The highest BCUT2D eigenvalue weighted by atomic mass is 16.2. The van der Waals surface area contributed by atoms with Gasteiger partial charge in [0.2, 0.25) is 11.8 Å². The monoisotopic (exact) mass is 420 g/mol. The van der Waals surface area contributed by atoms with Crippen LogP contribution in [-0.2, 0) is 16.1 Å². The number of amides is 2. The highest BCUT2D eigenvalue weighted by molar-refractivity contribution is 5.93. The van der Waals surface area contributed by atoms with Crippen LogP contribution in [0, 0.1) is 5.92 Å². The maximum Gasteiger partial charge on any atom is 0.227 e. The van der Waals surface area contributed by atoms with Gasteiger partial charge in [0.05, 0.1) is 0 Å². The van der Waals surface area contributed by atoms with E-state index in [1.54, 1.807) is 6.92 Å². The van der Waals surface area contributed by atoms with Crippen molar-refractivity contribution in [2.24, 2.45) is 5.92 Å². The molecule has 2 aromatic rings. The molecule has 2 amide bonds. The molecule has 2 heterocycles. The molecule has 164 valence electrons. The number of anilines is 2. The summed E-state index contributed by atoms with van der Waals surface area (Å²) in [6.07, 6.45) is 1.47. The van der Waals surface area contributed by atoms with E-state index in [-0.39, 0.29) is 17.7 Å². The minimum atomic E-state index is -0.0204. The van der Waals surface area contributed by atoms with Crippen molar-refractivity contribution in [3.63, 3.8) is 0 Å². The van der Waals surface area contributed by atoms with E-state index in [4.69, 9.17) is 0 Å². The van der Waals surface area contributed by atoms with Crippen LogP contribution < -0.4 is 10.2 Å². The second-order valence-corrected chi connectivity index (χ2v) is 8.57. The third-order valence-electron chi connectivity index (χ3n) is 6.43. The van der Waals surface area contributed by atoms with Crippen molar-refractivity contribution in [1.82, 2.24) is 9.80 Å². The van der Waals surface area contributed by atoms with Crippen LogP contribution >= 0.6 is 0 Å². The number of nitrogens with zero attached hydrogens (tertiary/aromatic N) is 3. The first-order valence-corrected chi connectivity index (χ1v) is 11.3. The third-order valence-corrected chi connectivity index (χ3v) is 6.43. The lowest BCUT2D eigenvalue weighted by Gasteiger charge is -2.36. The van der Waals surface area contributed by atoms with Crippen molar-refractivity contribution in [3.8, 4) is 0 Å². The number of hydrogen-bond donors (Lipinski definition) is 1. The Morgan fingerprint density at radius 1 is 0.871 bits per heavy atom. The molecule has 2 aromatic carbocycles. The Hall–Kier alpha value is -2.86. The molecule has 2 aliphatic heterocycles. The maximum atomic E-state index is 12.6. The van der Waals surface area contributed by atoms with Gasteiger partial charge < -0.3 is 15.1 Å². The average Bonchev–Trinajstić information content (AvgIpc) is 2.81. The molecule has 4 rings (SSSR count). The first kappa shape index (κ1) is 21.4. The van der Waals surface area contributed by atoms with Crippen LogP contribution in [0.15, 0.2) is 54.6 Å². The van der Waals surface area contributed by atoms with E-state index in [0.717, 1.165) is 51.3 Å². The van der Waals surface area contributed by atoms with Crippen molar-refractivity contribution in [1.29, 1.82) is 0 Å². The van der Waals surface area contributed by atoms with E-state index < -0.39 is 0 Å². The Morgan fingerprint density at radius 2 is 1.52 bits per heavy atom. The fourth-order valence-electron chi connectivity index (χ4n) is 4.46. The van der Waals surface area contributed by atoms with Gasteiger partial charge in [-0.3, -0.25) is 14.5 Å². The average molecular weight is 421 g/mol. The molecule has 0 radical (unpaired) electrons.